The number of aromatic nitrogens is 6. The molecule has 1 aromatic carbocycles. The zero-order chi connectivity index (χ0) is 23.7. The highest BCUT2D eigenvalue weighted by Crippen LogP contribution is 2.35. The summed E-state index contributed by atoms with van der Waals surface area (Å²) in [5.41, 5.74) is 3.90. The van der Waals surface area contributed by atoms with E-state index >= 15 is 0 Å². The third kappa shape index (κ3) is 3.91. The van der Waals surface area contributed by atoms with E-state index in [1.54, 1.807) is 29.6 Å². The van der Waals surface area contributed by atoms with Gasteiger partial charge >= 0.3 is 0 Å². The smallest absolute Gasteiger partial charge is 0.263 e. The fraction of sp³-hybridized carbons (Fsp3) is 0.333. The Kier molecular flexibility index (Phi) is 5.79. The predicted molar refractivity (Wildman–Crippen MR) is 123 cm³/mol. The number of aryl methyl sites for hydroxylation is 2. The lowest BCUT2D eigenvalue weighted by Crippen LogP contribution is -2.32. The van der Waals surface area contributed by atoms with E-state index in [-0.39, 0.29) is 11.9 Å². The Bertz CT molecular complexity index is 1320. The SMILES string of the molecule is CCOc1ncccc1-c1nc(C2CCCN2C(=O)c2cc(C)c(C)cc2-n2nccn2)no1. The normalized spacial score (nSPS) is 15.6. The molecule has 1 saturated heterocycles. The number of likely N-dealkylation sites (tertiary alicyclic amines) is 1. The van der Waals surface area contributed by atoms with Crippen LogP contribution in [0, 0.1) is 13.8 Å². The van der Waals surface area contributed by atoms with Crippen LogP contribution in [0.1, 0.15) is 53.1 Å². The molecular weight excluding hydrogens is 434 g/mol. The van der Waals surface area contributed by atoms with Crippen molar-refractivity contribution in [3.05, 3.63) is 65.4 Å². The van der Waals surface area contributed by atoms with Crippen LogP contribution in [0.5, 0.6) is 5.88 Å². The molecule has 3 aromatic heterocycles. The van der Waals surface area contributed by atoms with Crippen molar-refractivity contribution in [3.8, 4) is 23.0 Å². The lowest BCUT2D eigenvalue weighted by atomic mass is 10.0. The van der Waals surface area contributed by atoms with E-state index in [4.69, 9.17) is 9.26 Å². The van der Waals surface area contributed by atoms with E-state index in [2.05, 4.69) is 25.3 Å². The lowest BCUT2D eigenvalue weighted by Gasteiger charge is -2.24. The number of pyridine rings is 1. The molecule has 1 aliphatic rings. The van der Waals surface area contributed by atoms with Gasteiger partial charge < -0.3 is 14.2 Å². The van der Waals surface area contributed by atoms with Crippen LogP contribution in [0.25, 0.3) is 17.1 Å². The lowest BCUT2D eigenvalue weighted by molar-refractivity contribution is 0.0728. The van der Waals surface area contributed by atoms with E-state index in [1.807, 2.05) is 39.0 Å². The van der Waals surface area contributed by atoms with Crippen LogP contribution in [-0.4, -0.2) is 54.1 Å². The third-order valence-electron chi connectivity index (χ3n) is 6.01. The summed E-state index contributed by atoms with van der Waals surface area (Å²) >= 11 is 0. The second-order valence-corrected chi connectivity index (χ2v) is 8.18. The van der Waals surface area contributed by atoms with Crippen LogP contribution in [0.2, 0.25) is 0 Å². The molecular formula is C24H25N7O3. The summed E-state index contributed by atoms with van der Waals surface area (Å²) in [6, 6.07) is 7.16. The Morgan fingerprint density at radius 2 is 1.97 bits per heavy atom. The summed E-state index contributed by atoms with van der Waals surface area (Å²) in [6.07, 6.45) is 6.43. The number of amides is 1. The van der Waals surface area contributed by atoms with Crippen LogP contribution in [-0.2, 0) is 0 Å². The topological polar surface area (TPSA) is 112 Å². The van der Waals surface area contributed by atoms with Gasteiger partial charge in [0.05, 0.1) is 36.3 Å². The van der Waals surface area contributed by atoms with Gasteiger partial charge in [0.25, 0.3) is 11.8 Å². The Labute approximate surface area is 196 Å². The van der Waals surface area contributed by atoms with Gasteiger partial charge in [-0.1, -0.05) is 5.16 Å². The average Bonchev–Trinajstić information content (AvgIpc) is 3.61. The molecule has 0 bridgehead atoms. The molecule has 0 spiro atoms. The van der Waals surface area contributed by atoms with Crippen LogP contribution in [0.3, 0.4) is 0 Å². The molecule has 4 aromatic rings. The first-order chi connectivity index (χ1) is 16.6. The average molecular weight is 460 g/mol. The number of benzene rings is 1. The monoisotopic (exact) mass is 459 g/mol. The van der Waals surface area contributed by atoms with Crippen LogP contribution < -0.4 is 4.74 Å². The van der Waals surface area contributed by atoms with Crippen molar-refractivity contribution in [1.82, 2.24) is 35.0 Å². The number of carbonyl (C=O) groups is 1. The molecule has 1 amide bonds. The molecule has 1 unspecified atom stereocenters. The molecule has 0 saturated carbocycles. The fourth-order valence-corrected chi connectivity index (χ4v) is 4.20. The molecule has 0 aliphatic carbocycles. The Morgan fingerprint density at radius 3 is 2.76 bits per heavy atom. The van der Waals surface area contributed by atoms with Crippen LogP contribution in [0.4, 0.5) is 0 Å². The predicted octanol–water partition coefficient (Wildman–Crippen LogP) is 3.71. The maximum absolute atomic E-state index is 13.8. The van der Waals surface area contributed by atoms with Crippen LogP contribution in [0.15, 0.2) is 47.4 Å². The van der Waals surface area contributed by atoms with Crippen molar-refractivity contribution in [2.24, 2.45) is 0 Å². The molecule has 4 heterocycles. The number of nitrogens with zero attached hydrogens (tertiary/aromatic N) is 7. The fourth-order valence-electron chi connectivity index (χ4n) is 4.20. The minimum atomic E-state index is -0.294. The standard InChI is InChI=1S/C24H25N7O3/c1-4-33-22-17(7-5-9-25-22)23-28-21(29-34-23)19-8-6-12-30(19)24(32)18-13-15(2)16(3)14-20(18)31-26-10-11-27-31/h5,7,9-11,13-14,19H,4,6,8,12H2,1-3H3. The van der Waals surface area contributed by atoms with Gasteiger partial charge in [0.15, 0.2) is 5.82 Å². The van der Waals surface area contributed by atoms with E-state index in [1.165, 1.54) is 4.80 Å². The maximum Gasteiger partial charge on any atom is 0.263 e. The highest BCUT2D eigenvalue weighted by molar-refractivity contribution is 5.98. The van der Waals surface area contributed by atoms with Gasteiger partial charge in [-0.05, 0) is 69.0 Å². The zero-order valence-corrected chi connectivity index (χ0v) is 19.3. The van der Waals surface area contributed by atoms with Crippen molar-refractivity contribution in [2.75, 3.05) is 13.2 Å². The van der Waals surface area contributed by atoms with E-state index in [0.29, 0.717) is 47.6 Å². The number of carbonyl (C=O) groups excluding carboxylic acids is 1. The van der Waals surface area contributed by atoms with Gasteiger partial charge in [-0.2, -0.15) is 20.0 Å². The van der Waals surface area contributed by atoms with Gasteiger partial charge in [0.1, 0.15) is 5.56 Å². The second-order valence-electron chi connectivity index (χ2n) is 8.18. The van der Waals surface area contributed by atoms with Gasteiger partial charge in [-0.25, -0.2) is 4.98 Å². The third-order valence-corrected chi connectivity index (χ3v) is 6.01. The maximum atomic E-state index is 13.8. The minimum Gasteiger partial charge on any atom is -0.477 e. The number of hydrogen-bond acceptors (Lipinski definition) is 8. The number of hydrogen-bond donors (Lipinski definition) is 0. The molecule has 0 N–H and O–H groups in total. The highest BCUT2D eigenvalue weighted by atomic mass is 16.5. The first-order valence-electron chi connectivity index (χ1n) is 11.3. The first kappa shape index (κ1) is 21.7. The molecule has 10 heteroatoms. The minimum absolute atomic E-state index is 0.111. The Morgan fingerprint density at radius 1 is 1.18 bits per heavy atom. The Balaban J connectivity index is 1.48. The summed E-state index contributed by atoms with van der Waals surface area (Å²) < 4.78 is 11.2. The molecule has 1 aliphatic heterocycles. The van der Waals surface area contributed by atoms with E-state index in [0.717, 1.165) is 24.0 Å². The molecule has 1 fully saturated rings. The molecule has 1 atom stereocenters. The summed E-state index contributed by atoms with van der Waals surface area (Å²) in [6.45, 7) is 6.95. The summed E-state index contributed by atoms with van der Waals surface area (Å²) in [7, 11) is 0. The van der Waals surface area contributed by atoms with Crippen LogP contribution >= 0.6 is 0 Å². The van der Waals surface area contributed by atoms with Gasteiger partial charge in [0.2, 0.25) is 5.88 Å². The second kappa shape index (κ2) is 9.05. The van der Waals surface area contributed by atoms with Gasteiger partial charge in [0, 0.05) is 12.7 Å². The summed E-state index contributed by atoms with van der Waals surface area (Å²) in [4.78, 5) is 25.9. The molecule has 34 heavy (non-hydrogen) atoms. The quantitative estimate of drug-likeness (QED) is 0.429. The van der Waals surface area contributed by atoms with Crippen molar-refractivity contribution >= 4 is 5.91 Å². The highest BCUT2D eigenvalue weighted by Gasteiger charge is 2.35. The van der Waals surface area contributed by atoms with Crippen molar-refractivity contribution in [1.29, 1.82) is 0 Å². The van der Waals surface area contributed by atoms with Gasteiger partial charge in [-0.15, -0.1) is 0 Å². The molecule has 10 nitrogen and oxygen atoms in total. The number of ether oxygens (including phenoxy) is 1. The molecule has 174 valence electrons. The van der Waals surface area contributed by atoms with Gasteiger partial charge in [-0.3, -0.25) is 4.79 Å². The molecule has 5 rings (SSSR count). The first-order valence-corrected chi connectivity index (χ1v) is 11.3. The van der Waals surface area contributed by atoms with Crippen molar-refractivity contribution in [2.45, 2.75) is 39.7 Å². The Hall–Kier alpha value is -4.08. The molecule has 0 radical (unpaired) electrons. The van der Waals surface area contributed by atoms with E-state index in [9.17, 15) is 4.79 Å². The van der Waals surface area contributed by atoms with E-state index < -0.39 is 0 Å². The van der Waals surface area contributed by atoms with Crippen molar-refractivity contribution < 1.29 is 14.1 Å². The number of rotatable bonds is 6. The summed E-state index contributed by atoms with van der Waals surface area (Å²) in [5, 5.41) is 12.7. The summed E-state index contributed by atoms with van der Waals surface area (Å²) in [5.74, 6) is 1.11. The zero-order valence-electron chi connectivity index (χ0n) is 19.3. The largest absolute Gasteiger partial charge is 0.477 e. The van der Waals surface area contributed by atoms with Crippen molar-refractivity contribution in [3.63, 3.8) is 0 Å².